The van der Waals surface area contributed by atoms with E-state index in [9.17, 15) is 4.79 Å². The highest BCUT2D eigenvalue weighted by molar-refractivity contribution is 7.14. The normalized spacial score (nSPS) is 23.6. The molecular weight excluding hydrogens is 332 g/mol. The Morgan fingerprint density at radius 3 is 2.92 bits per heavy atom. The molecule has 0 radical (unpaired) electrons. The standard InChI is InChI=1S/C20H28N2O2S/c1-14(15-5-3-2-4-6-15)22-19(23)17-13-16-7-12-24-20(18(16)25-17)8-10-21-11-9-20/h5,13-14,21H,2-4,6-12H2,1H3,(H,22,23). The van der Waals surface area contributed by atoms with Crippen molar-refractivity contribution in [2.75, 3.05) is 19.7 Å². The molecule has 1 atom stereocenters. The van der Waals surface area contributed by atoms with Crippen LogP contribution in [0.4, 0.5) is 0 Å². The number of nitrogens with one attached hydrogen (secondary N) is 2. The van der Waals surface area contributed by atoms with Gasteiger partial charge in [-0.3, -0.25) is 4.79 Å². The number of fused-ring (bicyclic) bond motifs is 2. The van der Waals surface area contributed by atoms with Gasteiger partial charge in [0.15, 0.2) is 0 Å². The van der Waals surface area contributed by atoms with Gasteiger partial charge in [0.05, 0.1) is 11.5 Å². The summed E-state index contributed by atoms with van der Waals surface area (Å²) >= 11 is 1.65. The van der Waals surface area contributed by atoms with Gasteiger partial charge in [-0.2, -0.15) is 0 Å². The van der Waals surface area contributed by atoms with Gasteiger partial charge in [0.25, 0.3) is 5.91 Å². The van der Waals surface area contributed by atoms with E-state index >= 15 is 0 Å². The maximum atomic E-state index is 12.8. The number of carbonyl (C=O) groups is 1. The smallest absolute Gasteiger partial charge is 0.261 e. The van der Waals surface area contributed by atoms with Crippen molar-refractivity contribution in [3.8, 4) is 0 Å². The molecule has 25 heavy (non-hydrogen) atoms. The second-order valence-electron chi connectivity index (χ2n) is 7.53. The van der Waals surface area contributed by atoms with Gasteiger partial charge in [0.2, 0.25) is 0 Å². The molecule has 4 rings (SSSR count). The van der Waals surface area contributed by atoms with E-state index in [0.717, 1.165) is 56.7 Å². The largest absolute Gasteiger partial charge is 0.369 e. The lowest BCUT2D eigenvalue weighted by Crippen LogP contribution is -2.44. The highest BCUT2D eigenvalue weighted by Gasteiger charge is 2.41. The van der Waals surface area contributed by atoms with Crippen LogP contribution in [-0.4, -0.2) is 31.6 Å². The van der Waals surface area contributed by atoms with E-state index in [1.54, 1.807) is 11.3 Å². The lowest BCUT2D eigenvalue weighted by molar-refractivity contribution is -0.0771. The zero-order chi connectivity index (χ0) is 17.3. The Morgan fingerprint density at radius 2 is 2.16 bits per heavy atom. The Morgan fingerprint density at radius 1 is 1.32 bits per heavy atom. The minimum Gasteiger partial charge on any atom is -0.369 e. The molecule has 1 aliphatic carbocycles. The van der Waals surface area contributed by atoms with Gasteiger partial charge in [-0.1, -0.05) is 11.6 Å². The number of hydrogen-bond acceptors (Lipinski definition) is 4. The quantitative estimate of drug-likeness (QED) is 0.811. The summed E-state index contributed by atoms with van der Waals surface area (Å²) in [6.07, 6.45) is 10.0. The third kappa shape index (κ3) is 3.42. The van der Waals surface area contributed by atoms with Crippen LogP contribution in [0.25, 0.3) is 0 Å². The highest BCUT2D eigenvalue weighted by Crippen LogP contribution is 2.44. The first-order valence-electron chi connectivity index (χ1n) is 9.66. The van der Waals surface area contributed by atoms with Gasteiger partial charge in [0.1, 0.15) is 5.60 Å². The second-order valence-corrected chi connectivity index (χ2v) is 8.58. The maximum Gasteiger partial charge on any atom is 0.261 e. The van der Waals surface area contributed by atoms with Crippen LogP contribution in [-0.2, 0) is 16.8 Å². The maximum absolute atomic E-state index is 12.8. The van der Waals surface area contributed by atoms with Crippen LogP contribution in [0.15, 0.2) is 17.7 Å². The predicted octanol–water partition coefficient (Wildman–Crippen LogP) is 3.52. The van der Waals surface area contributed by atoms with Crippen molar-refractivity contribution in [1.29, 1.82) is 0 Å². The molecule has 1 amide bonds. The molecular formula is C20H28N2O2S. The molecule has 3 heterocycles. The summed E-state index contributed by atoms with van der Waals surface area (Å²) in [6, 6.07) is 2.25. The van der Waals surface area contributed by atoms with Gasteiger partial charge in [0, 0.05) is 10.9 Å². The first-order valence-corrected chi connectivity index (χ1v) is 10.5. The summed E-state index contributed by atoms with van der Waals surface area (Å²) in [7, 11) is 0. The molecule has 4 nitrogen and oxygen atoms in total. The minimum atomic E-state index is -0.153. The van der Waals surface area contributed by atoms with Crippen LogP contribution < -0.4 is 10.6 Å². The van der Waals surface area contributed by atoms with Gasteiger partial charge in [-0.25, -0.2) is 0 Å². The number of piperidine rings is 1. The van der Waals surface area contributed by atoms with Crippen molar-refractivity contribution < 1.29 is 9.53 Å². The summed E-state index contributed by atoms with van der Waals surface area (Å²) in [6.45, 7) is 4.86. The summed E-state index contributed by atoms with van der Waals surface area (Å²) in [5.41, 5.74) is 2.56. The van der Waals surface area contributed by atoms with Crippen molar-refractivity contribution in [3.05, 3.63) is 33.0 Å². The Hall–Kier alpha value is -1.17. The molecule has 2 N–H and O–H groups in total. The number of hydrogen-bond donors (Lipinski definition) is 2. The van der Waals surface area contributed by atoms with E-state index in [4.69, 9.17) is 4.74 Å². The summed E-state index contributed by atoms with van der Waals surface area (Å²) < 4.78 is 6.23. The fourth-order valence-electron chi connectivity index (χ4n) is 4.35. The third-order valence-electron chi connectivity index (χ3n) is 5.84. The third-order valence-corrected chi connectivity index (χ3v) is 7.20. The molecule has 2 aliphatic heterocycles. The lowest BCUT2D eigenvalue weighted by Gasteiger charge is -2.40. The van der Waals surface area contributed by atoms with E-state index < -0.39 is 0 Å². The summed E-state index contributed by atoms with van der Waals surface area (Å²) in [5.74, 6) is 0.0717. The number of rotatable bonds is 3. The number of allylic oxidation sites excluding steroid dienone is 1. The van der Waals surface area contributed by atoms with Gasteiger partial charge >= 0.3 is 0 Å². The van der Waals surface area contributed by atoms with Crippen molar-refractivity contribution in [1.82, 2.24) is 10.6 Å². The van der Waals surface area contributed by atoms with Crippen LogP contribution in [0.5, 0.6) is 0 Å². The number of thiophene rings is 1. The van der Waals surface area contributed by atoms with Crippen LogP contribution >= 0.6 is 11.3 Å². The van der Waals surface area contributed by atoms with E-state index in [-0.39, 0.29) is 17.6 Å². The first kappa shape index (κ1) is 17.3. The minimum absolute atomic E-state index is 0.0717. The summed E-state index contributed by atoms with van der Waals surface area (Å²) in [4.78, 5) is 15.0. The van der Waals surface area contributed by atoms with Crippen molar-refractivity contribution in [3.63, 3.8) is 0 Å². The first-order chi connectivity index (χ1) is 12.2. The Labute approximate surface area is 154 Å². The zero-order valence-corrected chi connectivity index (χ0v) is 15.8. The molecule has 1 unspecified atom stereocenters. The molecule has 3 aliphatic rings. The highest BCUT2D eigenvalue weighted by atomic mass is 32.1. The van der Waals surface area contributed by atoms with Crippen molar-refractivity contribution in [2.45, 2.75) is 63.5 Å². The van der Waals surface area contributed by atoms with E-state index in [2.05, 4.69) is 29.7 Å². The molecule has 5 heteroatoms. The molecule has 1 saturated heterocycles. The van der Waals surface area contributed by atoms with Crippen LogP contribution in [0.1, 0.15) is 65.6 Å². The topological polar surface area (TPSA) is 50.4 Å². The lowest BCUT2D eigenvalue weighted by atomic mass is 9.86. The number of carbonyl (C=O) groups excluding carboxylic acids is 1. The molecule has 1 aromatic heterocycles. The SMILES string of the molecule is CC(NC(=O)c1cc2c(s1)C1(CCNCC1)OCC2)C1=CCCCC1. The second kappa shape index (κ2) is 7.22. The molecule has 136 valence electrons. The molecule has 1 aromatic rings. The fourth-order valence-corrected chi connectivity index (χ4v) is 5.67. The van der Waals surface area contributed by atoms with Crippen molar-refractivity contribution in [2.24, 2.45) is 0 Å². The van der Waals surface area contributed by atoms with Gasteiger partial charge in [-0.15, -0.1) is 11.3 Å². The number of ether oxygens (including phenoxy) is 1. The van der Waals surface area contributed by atoms with Gasteiger partial charge in [-0.05, 0) is 76.6 Å². The van der Waals surface area contributed by atoms with Crippen molar-refractivity contribution >= 4 is 17.2 Å². The Bertz CT molecular complexity index is 673. The monoisotopic (exact) mass is 360 g/mol. The molecule has 0 aromatic carbocycles. The van der Waals surface area contributed by atoms with E-state index in [1.807, 2.05) is 0 Å². The molecule has 0 saturated carbocycles. The fraction of sp³-hybridized carbons (Fsp3) is 0.650. The summed E-state index contributed by atoms with van der Waals surface area (Å²) in [5, 5.41) is 6.63. The zero-order valence-electron chi connectivity index (χ0n) is 15.0. The predicted molar refractivity (Wildman–Crippen MR) is 101 cm³/mol. The average molecular weight is 361 g/mol. The average Bonchev–Trinajstić information content (AvgIpc) is 3.09. The van der Waals surface area contributed by atoms with Crippen LogP contribution in [0.2, 0.25) is 0 Å². The molecule has 0 bridgehead atoms. The molecule has 1 spiro atoms. The number of amides is 1. The molecule has 1 fully saturated rings. The van der Waals surface area contributed by atoms with E-state index in [0.29, 0.717) is 0 Å². The van der Waals surface area contributed by atoms with Crippen LogP contribution in [0, 0.1) is 0 Å². The Balaban J connectivity index is 1.51. The Kier molecular flexibility index (Phi) is 4.98. The van der Waals surface area contributed by atoms with E-state index in [1.165, 1.54) is 28.9 Å². The van der Waals surface area contributed by atoms with Crippen LogP contribution in [0.3, 0.4) is 0 Å². The van der Waals surface area contributed by atoms with Gasteiger partial charge < -0.3 is 15.4 Å².